The van der Waals surface area contributed by atoms with Crippen molar-refractivity contribution in [3.8, 4) is 5.75 Å². The van der Waals surface area contributed by atoms with E-state index >= 15 is 0 Å². The molecule has 0 bridgehead atoms. The third-order valence-electron chi connectivity index (χ3n) is 2.40. The molecule has 0 saturated heterocycles. The first-order valence-electron chi connectivity index (χ1n) is 4.83. The Kier molecular flexibility index (Phi) is 4.05. The molecule has 3 N–H and O–H groups in total. The maximum absolute atomic E-state index is 13.3. The highest BCUT2D eigenvalue weighted by Crippen LogP contribution is 2.31. The van der Waals surface area contributed by atoms with Crippen LogP contribution in [0.1, 0.15) is 23.7 Å². The summed E-state index contributed by atoms with van der Waals surface area (Å²) in [5, 5.41) is 9.81. The number of aliphatic hydroxyl groups excluding tert-OH is 1. The van der Waals surface area contributed by atoms with Gasteiger partial charge in [0.2, 0.25) is 0 Å². The first kappa shape index (κ1) is 11.9. The molecule has 0 aliphatic carbocycles. The number of hydrogen-bond donors (Lipinski definition) is 2. The number of hydrogen-bond acceptors (Lipinski definition) is 3. The smallest absolute Gasteiger partial charge is 0.126 e. The first-order chi connectivity index (χ1) is 7.11. The van der Waals surface area contributed by atoms with Crippen LogP contribution in [0.15, 0.2) is 12.1 Å². The minimum Gasteiger partial charge on any atom is -0.496 e. The number of nitrogens with two attached hydrogens (primary N) is 1. The molecule has 1 aromatic carbocycles. The number of methoxy groups -OCH3 is 1. The second-order valence-electron chi connectivity index (χ2n) is 3.38. The molecule has 0 heterocycles. The summed E-state index contributed by atoms with van der Waals surface area (Å²) in [6.45, 7) is 1.97. The van der Waals surface area contributed by atoms with Crippen molar-refractivity contribution in [2.45, 2.75) is 19.4 Å². The van der Waals surface area contributed by atoms with E-state index in [1.54, 1.807) is 6.92 Å². The zero-order chi connectivity index (χ0) is 11.4. The van der Waals surface area contributed by atoms with Gasteiger partial charge in [-0.15, -0.1) is 0 Å². The predicted octanol–water partition coefficient (Wildman–Crippen LogP) is 1.52. The highest BCUT2D eigenvalue weighted by Gasteiger charge is 2.17. The molecule has 0 aliphatic heterocycles. The zero-order valence-electron chi connectivity index (χ0n) is 8.96. The lowest BCUT2D eigenvalue weighted by molar-refractivity contribution is 0.165. The van der Waals surface area contributed by atoms with E-state index in [0.29, 0.717) is 29.8 Å². The van der Waals surface area contributed by atoms with Crippen LogP contribution >= 0.6 is 0 Å². The molecule has 0 radical (unpaired) electrons. The second kappa shape index (κ2) is 5.09. The van der Waals surface area contributed by atoms with E-state index < -0.39 is 6.10 Å². The lowest BCUT2D eigenvalue weighted by Gasteiger charge is -2.17. The maximum Gasteiger partial charge on any atom is 0.126 e. The maximum atomic E-state index is 13.3. The molecule has 4 heteroatoms. The van der Waals surface area contributed by atoms with Crippen LogP contribution in [0.5, 0.6) is 5.75 Å². The van der Waals surface area contributed by atoms with E-state index in [1.165, 1.54) is 19.2 Å². The molecule has 1 atom stereocenters. The van der Waals surface area contributed by atoms with Crippen molar-refractivity contribution in [1.29, 1.82) is 0 Å². The Morgan fingerprint density at radius 1 is 1.53 bits per heavy atom. The van der Waals surface area contributed by atoms with E-state index in [2.05, 4.69) is 0 Å². The van der Waals surface area contributed by atoms with Gasteiger partial charge in [0.15, 0.2) is 0 Å². The number of halogens is 1. The lowest BCUT2D eigenvalue weighted by atomic mass is 9.99. The Labute approximate surface area is 88.7 Å². The van der Waals surface area contributed by atoms with Crippen LogP contribution in [0.25, 0.3) is 0 Å². The van der Waals surface area contributed by atoms with Gasteiger partial charge < -0.3 is 15.6 Å². The third-order valence-corrected chi connectivity index (χ3v) is 2.40. The van der Waals surface area contributed by atoms with Gasteiger partial charge in [-0.3, -0.25) is 0 Å². The van der Waals surface area contributed by atoms with E-state index in [1.807, 2.05) is 0 Å². The zero-order valence-corrected chi connectivity index (χ0v) is 8.96. The minimum atomic E-state index is -0.777. The molecule has 0 amide bonds. The van der Waals surface area contributed by atoms with Crippen LogP contribution < -0.4 is 10.5 Å². The van der Waals surface area contributed by atoms with Crippen LogP contribution in [-0.2, 0) is 0 Å². The van der Waals surface area contributed by atoms with Crippen molar-refractivity contribution in [1.82, 2.24) is 0 Å². The van der Waals surface area contributed by atoms with E-state index in [-0.39, 0.29) is 5.82 Å². The van der Waals surface area contributed by atoms with Gasteiger partial charge in [0.25, 0.3) is 0 Å². The van der Waals surface area contributed by atoms with Crippen molar-refractivity contribution in [2.75, 3.05) is 13.7 Å². The summed E-state index contributed by atoms with van der Waals surface area (Å²) in [5.74, 6) is 0.150. The van der Waals surface area contributed by atoms with Gasteiger partial charge in [-0.1, -0.05) is 0 Å². The van der Waals surface area contributed by atoms with Crippen molar-refractivity contribution in [3.05, 3.63) is 29.1 Å². The Hall–Kier alpha value is -1.13. The molecule has 3 nitrogen and oxygen atoms in total. The highest BCUT2D eigenvalue weighted by molar-refractivity contribution is 5.42. The third kappa shape index (κ3) is 2.46. The summed E-state index contributed by atoms with van der Waals surface area (Å²) in [5.41, 5.74) is 6.25. The average Bonchev–Trinajstić information content (AvgIpc) is 2.22. The fourth-order valence-electron chi connectivity index (χ4n) is 1.57. The molecule has 0 aliphatic rings. The molecule has 15 heavy (non-hydrogen) atoms. The molecule has 84 valence electrons. The Bertz CT molecular complexity index is 342. The van der Waals surface area contributed by atoms with Crippen LogP contribution in [0.2, 0.25) is 0 Å². The van der Waals surface area contributed by atoms with Gasteiger partial charge in [-0.05, 0) is 37.6 Å². The fourth-order valence-corrected chi connectivity index (χ4v) is 1.57. The second-order valence-corrected chi connectivity index (χ2v) is 3.38. The van der Waals surface area contributed by atoms with E-state index in [9.17, 15) is 9.50 Å². The average molecular weight is 213 g/mol. The molecule has 1 rings (SSSR count). The number of aliphatic hydroxyl groups is 1. The molecule has 0 saturated carbocycles. The summed E-state index contributed by atoms with van der Waals surface area (Å²) in [7, 11) is 1.49. The van der Waals surface area contributed by atoms with Crippen LogP contribution in [0.4, 0.5) is 4.39 Å². The summed E-state index contributed by atoms with van der Waals surface area (Å²) >= 11 is 0. The molecular formula is C11H16FNO2. The van der Waals surface area contributed by atoms with Gasteiger partial charge in [-0.2, -0.15) is 0 Å². The van der Waals surface area contributed by atoms with E-state index in [0.717, 1.165) is 0 Å². The van der Waals surface area contributed by atoms with Gasteiger partial charge >= 0.3 is 0 Å². The van der Waals surface area contributed by atoms with Gasteiger partial charge in [0.05, 0.1) is 13.2 Å². The minimum absolute atomic E-state index is 0.345. The fraction of sp³-hybridized carbons (Fsp3) is 0.455. The SMILES string of the molecule is COc1ccc(F)c(C)c1C(O)CCN. The topological polar surface area (TPSA) is 55.5 Å². The first-order valence-corrected chi connectivity index (χ1v) is 4.83. The van der Waals surface area contributed by atoms with Crippen molar-refractivity contribution in [2.24, 2.45) is 5.73 Å². The predicted molar refractivity (Wildman–Crippen MR) is 56.3 cm³/mol. The lowest BCUT2D eigenvalue weighted by Crippen LogP contribution is -2.10. The van der Waals surface area contributed by atoms with E-state index in [4.69, 9.17) is 10.5 Å². The normalized spacial score (nSPS) is 12.6. The number of benzene rings is 1. The number of ether oxygens (including phenoxy) is 1. The summed E-state index contributed by atoms with van der Waals surface area (Å²) in [6.07, 6.45) is -0.388. The largest absolute Gasteiger partial charge is 0.496 e. The monoisotopic (exact) mass is 213 g/mol. The van der Waals surface area contributed by atoms with Crippen LogP contribution in [0, 0.1) is 12.7 Å². The quantitative estimate of drug-likeness (QED) is 0.797. The molecular weight excluding hydrogens is 197 g/mol. The molecule has 0 aromatic heterocycles. The molecule has 0 fully saturated rings. The molecule has 0 spiro atoms. The van der Waals surface area contributed by atoms with Gasteiger partial charge in [-0.25, -0.2) is 4.39 Å². The van der Waals surface area contributed by atoms with Gasteiger partial charge in [0, 0.05) is 5.56 Å². The summed E-state index contributed by atoms with van der Waals surface area (Å²) < 4.78 is 18.4. The van der Waals surface area contributed by atoms with Crippen LogP contribution in [-0.4, -0.2) is 18.8 Å². The standard InChI is InChI=1S/C11H16FNO2/c1-7-8(12)3-4-10(15-2)11(7)9(14)5-6-13/h3-4,9,14H,5-6,13H2,1-2H3. The molecule has 1 aromatic rings. The van der Waals surface area contributed by atoms with Crippen LogP contribution in [0.3, 0.4) is 0 Å². The van der Waals surface area contributed by atoms with Crippen molar-refractivity contribution in [3.63, 3.8) is 0 Å². The highest BCUT2D eigenvalue weighted by atomic mass is 19.1. The number of rotatable bonds is 4. The van der Waals surface area contributed by atoms with Crippen molar-refractivity contribution < 1.29 is 14.2 Å². The Morgan fingerprint density at radius 3 is 2.73 bits per heavy atom. The van der Waals surface area contributed by atoms with Gasteiger partial charge in [0.1, 0.15) is 11.6 Å². The summed E-state index contributed by atoms with van der Waals surface area (Å²) in [6, 6.07) is 2.84. The molecule has 1 unspecified atom stereocenters. The summed E-state index contributed by atoms with van der Waals surface area (Å²) in [4.78, 5) is 0. The Morgan fingerprint density at radius 2 is 2.20 bits per heavy atom. The Balaban J connectivity index is 3.17. The van der Waals surface area contributed by atoms with Crippen molar-refractivity contribution >= 4 is 0 Å².